The summed E-state index contributed by atoms with van der Waals surface area (Å²) in [5, 5.41) is 5.25. The maximum atomic E-state index is 13.6. The normalized spacial score (nSPS) is 11.3. The summed E-state index contributed by atoms with van der Waals surface area (Å²) in [5.41, 5.74) is 2.36. The van der Waals surface area contributed by atoms with Crippen LogP contribution in [0.15, 0.2) is 28.7 Å². The number of carbonyl (C=O) groups excluding carboxylic acids is 1. The minimum absolute atomic E-state index is 0. The molecule has 0 bridgehead atoms. The van der Waals surface area contributed by atoms with Crippen molar-refractivity contribution in [1.29, 1.82) is 0 Å². The summed E-state index contributed by atoms with van der Waals surface area (Å²) >= 11 is 5.07. The first-order valence-electron chi connectivity index (χ1n) is 10.0. The number of aromatic nitrogens is 3. The van der Waals surface area contributed by atoms with Gasteiger partial charge in [0, 0.05) is 23.6 Å². The average molecular weight is 515 g/mol. The molecule has 1 amide bonds. The molecule has 2 heterocycles. The zero-order valence-corrected chi connectivity index (χ0v) is 21.3. The van der Waals surface area contributed by atoms with Gasteiger partial charge in [0.05, 0.1) is 15.9 Å². The van der Waals surface area contributed by atoms with Gasteiger partial charge in [0.2, 0.25) is 0 Å². The second-order valence-corrected chi connectivity index (χ2v) is 9.23. The zero-order valence-electron chi connectivity index (χ0n) is 18.1. The number of rotatable bonds is 8. The molecule has 0 fully saturated rings. The van der Waals surface area contributed by atoms with Crippen LogP contribution in [0.2, 0.25) is 0 Å². The lowest BCUT2D eigenvalue weighted by Crippen LogP contribution is -2.39. The molecule has 0 N–H and O–H groups in total. The lowest BCUT2D eigenvalue weighted by atomic mass is 10.3. The van der Waals surface area contributed by atoms with Crippen molar-refractivity contribution >= 4 is 60.9 Å². The van der Waals surface area contributed by atoms with E-state index in [0.29, 0.717) is 12.2 Å². The Labute approximate surface area is 196 Å². The molecule has 30 heavy (non-hydrogen) atoms. The first kappa shape index (κ1) is 24.8. The number of carbonyl (C=O) groups is 1. The molecule has 9 heteroatoms. The molecule has 6 nitrogen and oxygen atoms in total. The van der Waals surface area contributed by atoms with Gasteiger partial charge in [0.1, 0.15) is 5.69 Å². The van der Waals surface area contributed by atoms with Crippen molar-refractivity contribution < 1.29 is 4.79 Å². The largest absolute Gasteiger partial charge is 0.302 e. The van der Waals surface area contributed by atoms with E-state index in [1.54, 1.807) is 11.3 Å². The number of fused-ring (bicyclic) bond motifs is 1. The van der Waals surface area contributed by atoms with E-state index in [2.05, 4.69) is 39.8 Å². The fourth-order valence-electron chi connectivity index (χ4n) is 3.28. The lowest BCUT2D eigenvalue weighted by Gasteiger charge is -2.25. The van der Waals surface area contributed by atoms with Crippen LogP contribution in [0.5, 0.6) is 0 Å². The molecule has 0 aliphatic carbocycles. The SMILES string of the molecule is CCN(CC)CCN(C(=O)c1cc(C)nn1C(C)C)c1nc2ccc(Br)cc2s1.Cl. The molecule has 1 aromatic carbocycles. The Morgan fingerprint density at radius 2 is 1.90 bits per heavy atom. The van der Waals surface area contributed by atoms with Crippen molar-refractivity contribution in [2.45, 2.75) is 40.7 Å². The Kier molecular flexibility index (Phi) is 8.85. The van der Waals surface area contributed by atoms with Crippen LogP contribution < -0.4 is 4.90 Å². The third-order valence-electron chi connectivity index (χ3n) is 4.92. The highest BCUT2D eigenvalue weighted by atomic mass is 79.9. The van der Waals surface area contributed by atoms with E-state index >= 15 is 0 Å². The minimum atomic E-state index is -0.0513. The van der Waals surface area contributed by atoms with E-state index in [9.17, 15) is 4.79 Å². The molecule has 0 radical (unpaired) electrons. The second-order valence-electron chi connectivity index (χ2n) is 7.30. The Morgan fingerprint density at radius 3 is 2.53 bits per heavy atom. The van der Waals surface area contributed by atoms with Crippen molar-refractivity contribution in [2.24, 2.45) is 0 Å². The van der Waals surface area contributed by atoms with Gasteiger partial charge in [-0.1, -0.05) is 41.1 Å². The Hall–Kier alpha value is -1.48. The maximum absolute atomic E-state index is 13.6. The van der Waals surface area contributed by atoms with Crippen LogP contribution in [0.25, 0.3) is 10.2 Å². The Morgan fingerprint density at radius 1 is 1.20 bits per heavy atom. The lowest BCUT2D eigenvalue weighted by molar-refractivity contribution is 0.0971. The third-order valence-corrected chi connectivity index (χ3v) is 6.45. The summed E-state index contributed by atoms with van der Waals surface area (Å²) < 4.78 is 3.88. The smallest absolute Gasteiger partial charge is 0.278 e. The van der Waals surface area contributed by atoms with Gasteiger partial charge in [0.25, 0.3) is 5.91 Å². The molecule has 0 saturated heterocycles. The van der Waals surface area contributed by atoms with E-state index in [1.165, 1.54) is 0 Å². The van der Waals surface area contributed by atoms with Crippen LogP contribution in [0.3, 0.4) is 0 Å². The van der Waals surface area contributed by atoms with Crippen LogP contribution in [-0.4, -0.2) is 51.8 Å². The van der Waals surface area contributed by atoms with E-state index < -0.39 is 0 Å². The summed E-state index contributed by atoms with van der Waals surface area (Å²) in [4.78, 5) is 22.5. The summed E-state index contributed by atoms with van der Waals surface area (Å²) in [6.07, 6.45) is 0. The fraction of sp³-hybridized carbons (Fsp3) is 0.476. The highest BCUT2D eigenvalue weighted by Gasteiger charge is 2.26. The number of thiazole rings is 1. The van der Waals surface area contributed by atoms with Gasteiger partial charge in [-0.25, -0.2) is 4.98 Å². The molecule has 3 rings (SSSR count). The van der Waals surface area contributed by atoms with Crippen molar-refractivity contribution in [2.75, 3.05) is 31.1 Å². The number of hydrogen-bond donors (Lipinski definition) is 0. The first-order chi connectivity index (χ1) is 13.8. The molecule has 0 unspecified atom stereocenters. The van der Waals surface area contributed by atoms with Crippen LogP contribution in [0.4, 0.5) is 5.13 Å². The summed E-state index contributed by atoms with van der Waals surface area (Å²) in [6, 6.07) is 7.99. The molecule has 0 spiro atoms. The van der Waals surface area contributed by atoms with Crippen molar-refractivity contribution in [3.8, 4) is 0 Å². The van der Waals surface area contributed by atoms with E-state index in [4.69, 9.17) is 4.98 Å². The summed E-state index contributed by atoms with van der Waals surface area (Å²) in [7, 11) is 0. The first-order valence-corrected chi connectivity index (χ1v) is 11.6. The molecular weight excluding hydrogens is 486 g/mol. The van der Waals surface area contributed by atoms with Crippen molar-refractivity contribution in [3.05, 3.63) is 40.1 Å². The predicted molar refractivity (Wildman–Crippen MR) is 131 cm³/mol. The number of anilines is 1. The van der Waals surface area contributed by atoms with Crippen LogP contribution >= 0.6 is 39.7 Å². The average Bonchev–Trinajstić information content (AvgIpc) is 3.28. The van der Waals surface area contributed by atoms with Gasteiger partial charge in [-0.15, -0.1) is 12.4 Å². The van der Waals surface area contributed by atoms with Crippen molar-refractivity contribution in [1.82, 2.24) is 19.7 Å². The Balaban J connectivity index is 0.00000320. The molecule has 0 saturated carbocycles. The number of amides is 1. The number of halogens is 2. The van der Waals surface area contributed by atoms with Gasteiger partial charge in [-0.05, 0) is 58.1 Å². The van der Waals surface area contributed by atoms with Crippen LogP contribution in [0.1, 0.15) is 49.9 Å². The number of aryl methyl sites for hydroxylation is 1. The predicted octanol–water partition coefficient (Wildman–Crippen LogP) is 5.56. The highest BCUT2D eigenvalue weighted by Crippen LogP contribution is 2.32. The zero-order chi connectivity index (χ0) is 21.1. The Bertz CT molecular complexity index is 999. The molecular formula is C21H29BrClN5OS. The van der Waals surface area contributed by atoms with Crippen LogP contribution in [-0.2, 0) is 0 Å². The van der Waals surface area contributed by atoms with Gasteiger partial charge in [0.15, 0.2) is 5.13 Å². The molecule has 3 aromatic rings. The monoisotopic (exact) mass is 513 g/mol. The number of likely N-dealkylation sites (N-methyl/N-ethyl adjacent to an activating group) is 1. The van der Waals surface area contributed by atoms with Crippen LogP contribution in [0, 0.1) is 6.92 Å². The van der Waals surface area contributed by atoms with Crippen molar-refractivity contribution in [3.63, 3.8) is 0 Å². The second kappa shape index (κ2) is 10.7. The topological polar surface area (TPSA) is 54.3 Å². The minimum Gasteiger partial charge on any atom is -0.302 e. The molecule has 164 valence electrons. The summed E-state index contributed by atoms with van der Waals surface area (Å²) in [5.74, 6) is -0.0513. The molecule has 0 atom stereocenters. The van der Waals surface area contributed by atoms with E-state index in [-0.39, 0.29) is 24.4 Å². The highest BCUT2D eigenvalue weighted by molar-refractivity contribution is 9.10. The number of hydrogen-bond acceptors (Lipinski definition) is 5. The van der Waals surface area contributed by atoms with Gasteiger partial charge in [-0.2, -0.15) is 5.10 Å². The number of nitrogens with zero attached hydrogens (tertiary/aromatic N) is 5. The number of benzene rings is 1. The fourth-order valence-corrected chi connectivity index (χ4v) is 4.82. The quantitative estimate of drug-likeness (QED) is 0.395. The van der Waals surface area contributed by atoms with Gasteiger partial charge >= 0.3 is 0 Å². The van der Waals surface area contributed by atoms with E-state index in [1.807, 2.05) is 54.6 Å². The molecule has 0 aliphatic heterocycles. The molecule has 0 aliphatic rings. The standard InChI is InChI=1S/C21H28BrN5OS.ClH/c1-6-25(7-2)10-11-26(20(28)18-12-15(5)24-27(18)14(3)4)21-23-17-9-8-16(22)13-19(17)29-21;/h8-9,12-14H,6-7,10-11H2,1-5H3;1H. The molecule has 2 aromatic heterocycles. The third kappa shape index (κ3) is 5.41. The summed E-state index contributed by atoms with van der Waals surface area (Å²) in [6.45, 7) is 13.6. The van der Waals surface area contributed by atoms with Gasteiger partial charge < -0.3 is 4.90 Å². The van der Waals surface area contributed by atoms with E-state index in [0.717, 1.165) is 45.1 Å². The van der Waals surface area contributed by atoms with Gasteiger partial charge in [-0.3, -0.25) is 14.4 Å². The maximum Gasteiger partial charge on any atom is 0.278 e.